The monoisotopic (exact) mass is 272 g/mol. The summed E-state index contributed by atoms with van der Waals surface area (Å²) < 4.78 is 6.13. The first-order chi connectivity index (χ1) is 9.15. The van der Waals surface area contributed by atoms with Crippen molar-refractivity contribution >= 4 is 33.0 Å². The Hall–Kier alpha value is -2.14. The first kappa shape index (κ1) is 11.9. The van der Waals surface area contributed by atoms with E-state index in [0.29, 0.717) is 22.0 Å². The van der Waals surface area contributed by atoms with Crippen LogP contribution in [0.15, 0.2) is 34.9 Å². The number of aryl methyl sites for hydroxylation is 2. The van der Waals surface area contributed by atoms with Gasteiger partial charge in [0.2, 0.25) is 0 Å². The average Bonchev–Trinajstić information content (AvgIpc) is 2.97. The van der Waals surface area contributed by atoms with Crippen molar-refractivity contribution in [2.24, 2.45) is 0 Å². The number of thiophene rings is 1. The van der Waals surface area contributed by atoms with E-state index in [9.17, 15) is 4.79 Å². The molecule has 0 aliphatic rings. The quantitative estimate of drug-likeness (QED) is 0.772. The molecule has 5 heteroatoms. The molecule has 2 aromatic heterocycles. The predicted octanol–water partition coefficient (Wildman–Crippen LogP) is 3.76. The van der Waals surface area contributed by atoms with Crippen LogP contribution in [-0.2, 0) is 0 Å². The van der Waals surface area contributed by atoms with Gasteiger partial charge in [0.25, 0.3) is 5.91 Å². The van der Waals surface area contributed by atoms with Crippen molar-refractivity contribution in [2.75, 3.05) is 5.32 Å². The zero-order valence-corrected chi connectivity index (χ0v) is 11.4. The molecule has 2 heterocycles. The second kappa shape index (κ2) is 4.51. The van der Waals surface area contributed by atoms with E-state index in [2.05, 4.69) is 10.5 Å². The fourth-order valence-corrected chi connectivity index (χ4v) is 2.89. The smallest absolute Gasteiger partial charge is 0.265 e. The zero-order chi connectivity index (χ0) is 13.4. The third-order valence-electron chi connectivity index (χ3n) is 2.92. The fourth-order valence-electron chi connectivity index (χ4n) is 1.93. The fraction of sp³-hybridized carbons (Fsp3) is 0.143. The normalized spacial score (nSPS) is 10.8. The van der Waals surface area contributed by atoms with Gasteiger partial charge >= 0.3 is 0 Å². The molecule has 4 nitrogen and oxygen atoms in total. The van der Waals surface area contributed by atoms with Gasteiger partial charge < -0.3 is 9.84 Å². The Bertz CT molecular complexity index is 705. The number of anilines is 1. The lowest BCUT2D eigenvalue weighted by Crippen LogP contribution is -2.11. The number of fused-ring (bicyclic) bond motifs is 1. The number of hydrogen-bond acceptors (Lipinski definition) is 4. The van der Waals surface area contributed by atoms with Crippen molar-refractivity contribution in [3.63, 3.8) is 0 Å². The molecule has 0 fully saturated rings. The van der Waals surface area contributed by atoms with E-state index in [-0.39, 0.29) is 5.91 Å². The summed E-state index contributed by atoms with van der Waals surface area (Å²) in [7, 11) is 0. The summed E-state index contributed by atoms with van der Waals surface area (Å²) in [6.07, 6.45) is 0. The molecule has 0 saturated carbocycles. The Morgan fingerprint density at radius 1 is 1.32 bits per heavy atom. The molecular weight excluding hydrogens is 260 g/mol. The standard InChI is InChI=1S/C14H12N2O2S/c1-8-13(9(2)18-16-8)15-14(17)12-7-10-5-3-4-6-11(10)19-12/h3-7H,1-2H3,(H,15,17). The van der Waals surface area contributed by atoms with Gasteiger partial charge in [0, 0.05) is 4.70 Å². The van der Waals surface area contributed by atoms with Gasteiger partial charge in [-0.1, -0.05) is 23.4 Å². The molecular formula is C14H12N2O2S. The molecule has 0 aliphatic carbocycles. The summed E-state index contributed by atoms with van der Waals surface area (Å²) in [5.74, 6) is 0.488. The Kier molecular flexibility index (Phi) is 2.83. The highest BCUT2D eigenvalue weighted by atomic mass is 32.1. The van der Waals surface area contributed by atoms with Crippen LogP contribution < -0.4 is 5.32 Å². The molecule has 19 heavy (non-hydrogen) atoms. The summed E-state index contributed by atoms with van der Waals surface area (Å²) in [6.45, 7) is 3.58. The van der Waals surface area contributed by atoms with Crippen LogP contribution in [0.1, 0.15) is 21.1 Å². The maximum Gasteiger partial charge on any atom is 0.265 e. The molecule has 0 bridgehead atoms. The zero-order valence-electron chi connectivity index (χ0n) is 10.6. The van der Waals surface area contributed by atoms with Crippen LogP contribution in [0.4, 0.5) is 5.69 Å². The minimum Gasteiger partial charge on any atom is -0.359 e. The van der Waals surface area contributed by atoms with Gasteiger partial charge in [-0.15, -0.1) is 11.3 Å². The van der Waals surface area contributed by atoms with Gasteiger partial charge in [-0.3, -0.25) is 4.79 Å². The lowest BCUT2D eigenvalue weighted by Gasteiger charge is -2.01. The third kappa shape index (κ3) is 2.13. The van der Waals surface area contributed by atoms with Crippen LogP contribution in [0.3, 0.4) is 0 Å². The van der Waals surface area contributed by atoms with Crippen LogP contribution in [0.2, 0.25) is 0 Å². The van der Waals surface area contributed by atoms with Crippen molar-refractivity contribution in [3.05, 3.63) is 46.7 Å². The minimum atomic E-state index is -0.129. The molecule has 0 unspecified atom stereocenters. The Labute approximate surface area is 114 Å². The van der Waals surface area contributed by atoms with Gasteiger partial charge in [0.15, 0.2) is 5.76 Å². The summed E-state index contributed by atoms with van der Waals surface area (Å²) in [5, 5.41) is 7.75. The molecule has 0 spiro atoms. The van der Waals surface area contributed by atoms with Crippen LogP contribution in [-0.4, -0.2) is 11.1 Å². The SMILES string of the molecule is Cc1noc(C)c1NC(=O)c1cc2ccccc2s1. The van der Waals surface area contributed by atoms with E-state index >= 15 is 0 Å². The van der Waals surface area contributed by atoms with Gasteiger partial charge in [-0.05, 0) is 31.4 Å². The number of amides is 1. The molecule has 0 saturated heterocycles. The molecule has 1 aromatic carbocycles. The molecule has 0 atom stereocenters. The largest absolute Gasteiger partial charge is 0.359 e. The molecule has 0 aliphatic heterocycles. The molecule has 1 N–H and O–H groups in total. The highest BCUT2D eigenvalue weighted by molar-refractivity contribution is 7.20. The van der Waals surface area contributed by atoms with Gasteiger partial charge in [-0.25, -0.2) is 0 Å². The number of hydrogen-bond donors (Lipinski definition) is 1. The lowest BCUT2D eigenvalue weighted by molar-refractivity contribution is 0.103. The minimum absolute atomic E-state index is 0.129. The number of nitrogens with zero attached hydrogens (tertiary/aromatic N) is 1. The third-order valence-corrected chi connectivity index (χ3v) is 4.04. The van der Waals surface area contributed by atoms with Crippen LogP contribution in [0.25, 0.3) is 10.1 Å². The van der Waals surface area contributed by atoms with E-state index in [1.807, 2.05) is 30.3 Å². The Morgan fingerprint density at radius 2 is 2.11 bits per heavy atom. The van der Waals surface area contributed by atoms with Crippen molar-refractivity contribution in [2.45, 2.75) is 13.8 Å². The first-order valence-electron chi connectivity index (χ1n) is 5.88. The number of carbonyl (C=O) groups excluding carboxylic acids is 1. The summed E-state index contributed by atoms with van der Waals surface area (Å²) in [5.41, 5.74) is 1.34. The summed E-state index contributed by atoms with van der Waals surface area (Å²) in [4.78, 5) is 12.9. The van der Waals surface area contributed by atoms with E-state index in [1.54, 1.807) is 13.8 Å². The average molecular weight is 272 g/mol. The first-order valence-corrected chi connectivity index (χ1v) is 6.69. The van der Waals surface area contributed by atoms with Crippen molar-refractivity contribution in [3.8, 4) is 0 Å². The highest BCUT2D eigenvalue weighted by Gasteiger charge is 2.15. The Balaban J connectivity index is 1.92. The topological polar surface area (TPSA) is 55.1 Å². The maximum absolute atomic E-state index is 12.2. The maximum atomic E-state index is 12.2. The summed E-state index contributed by atoms with van der Waals surface area (Å²) in [6, 6.07) is 9.83. The van der Waals surface area contributed by atoms with E-state index in [1.165, 1.54) is 11.3 Å². The molecule has 1 amide bonds. The second-order valence-electron chi connectivity index (χ2n) is 4.30. The Morgan fingerprint density at radius 3 is 2.79 bits per heavy atom. The number of rotatable bonds is 2. The molecule has 96 valence electrons. The number of carbonyl (C=O) groups is 1. The van der Waals surface area contributed by atoms with E-state index in [0.717, 1.165) is 10.1 Å². The van der Waals surface area contributed by atoms with Crippen LogP contribution in [0, 0.1) is 13.8 Å². The van der Waals surface area contributed by atoms with Crippen LogP contribution in [0.5, 0.6) is 0 Å². The highest BCUT2D eigenvalue weighted by Crippen LogP contribution is 2.27. The molecule has 3 aromatic rings. The van der Waals surface area contributed by atoms with Gasteiger partial charge in [0.05, 0.1) is 4.88 Å². The number of aromatic nitrogens is 1. The van der Waals surface area contributed by atoms with Crippen LogP contribution >= 0.6 is 11.3 Å². The second-order valence-corrected chi connectivity index (χ2v) is 5.39. The van der Waals surface area contributed by atoms with Gasteiger partial charge in [0.1, 0.15) is 11.4 Å². The van der Waals surface area contributed by atoms with Crippen molar-refractivity contribution in [1.82, 2.24) is 5.16 Å². The summed E-state index contributed by atoms with van der Waals surface area (Å²) >= 11 is 1.48. The van der Waals surface area contributed by atoms with Gasteiger partial charge in [-0.2, -0.15) is 0 Å². The van der Waals surface area contributed by atoms with E-state index < -0.39 is 0 Å². The predicted molar refractivity (Wildman–Crippen MR) is 75.8 cm³/mol. The molecule has 3 rings (SSSR count). The van der Waals surface area contributed by atoms with E-state index in [4.69, 9.17) is 4.52 Å². The molecule has 0 radical (unpaired) electrons. The number of nitrogens with one attached hydrogen (secondary N) is 1. The number of benzene rings is 1. The van der Waals surface area contributed by atoms with Crippen molar-refractivity contribution < 1.29 is 9.32 Å². The lowest BCUT2D eigenvalue weighted by atomic mass is 10.2. The van der Waals surface area contributed by atoms with Crippen molar-refractivity contribution in [1.29, 1.82) is 0 Å².